The molecule has 0 atom stereocenters. The highest BCUT2D eigenvalue weighted by Crippen LogP contribution is 2.01. The molecule has 0 unspecified atom stereocenters. The molecule has 13 heavy (non-hydrogen) atoms. The number of hydrogen-bond acceptors (Lipinski definition) is 3. The number of ether oxygens (including phenoxy) is 1. The number of hydrogen-bond donors (Lipinski definition) is 2. The summed E-state index contributed by atoms with van der Waals surface area (Å²) >= 11 is 0. The van der Waals surface area contributed by atoms with Crippen LogP contribution < -0.4 is 5.32 Å². The van der Waals surface area contributed by atoms with Gasteiger partial charge in [-0.1, -0.05) is 12.7 Å². The minimum absolute atomic E-state index is 0.0571. The number of nitrogens with one attached hydrogen (secondary N) is 1. The predicted molar refractivity (Wildman–Crippen MR) is 46.4 cm³/mol. The van der Waals surface area contributed by atoms with Crippen molar-refractivity contribution in [3.8, 4) is 0 Å². The quantitative estimate of drug-likeness (QED) is 0.637. The third-order valence-corrected chi connectivity index (χ3v) is 1.28. The van der Waals surface area contributed by atoms with Gasteiger partial charge >= 0.3 is 12.1 Å². The first kappa shape index (κ1) is 11.5. The molecule has 0 aliphatic heterocycles. The molecule has 0 saturated heterocycles. The molecule has 0 aliphatic rings. The summed E-state index contributed by atoms with van der Waals surface area (Å²) in [5.41, 5.74) is -1.32. The summed E-state index contributed by atoms with van der Waals surface area (Å²) in [6.07, 6.45) is 0.625. The number of carboxylic acid groups (broad SMARTS) is 1. The zero-order valence-corrected chi connectivity index (χ0v) is 7.66. The van der Waals surface area contributed by atoms with Crippen molar-refractivity contribution in [2.45, 2.75) is 19.4 Å². The van der Waals surface area contributed by atoms with E-state index in [4.69, 9.17) is 5.11 Å². The van der Waals surface area contributed by atoms with Gasteiger partial charge in [0.05, 0.1) is 0 Å². The first-order valence-electron chi connectivity index (χ1n) is 3.69. The maximum absolute atomic E-state index is 10.9. The van der Waals surface area contributed by atoms with E-state index in [1.165, 1.54) is 19.9 Å². The molecule has 0 rings (SSSR count). The second kappa shape index (κ2) is 4.49. The number of carbonyl (C=O) groups is 2. The van der Waals surface area contributed by atoms with Gasteiger partial charge in [0.1, 0.15) is 12.1 Å². The fraction of sp³-hybridized carbons (Fsp3) is 0.500. The zero-order chi connectivity index (χ0) is 10.5. The van der Waals surface area contributed by atoms with E-state index in [1.54, 1.807) is 0 Å². The van der Waals surface area contributed by atoms with Gasteiger partial charge in [0.25, 0.3) is 0 Å². The Kier molecular flexibility index (Phi) is 3.97. The summed E-state index contributed by atoms with van der Waals surface area (Å²) in [4.78, 5) is 21.4. The number of rotatable bonds is 4. The molecule has 74 valence electrons. The van der Waals surface area contributed by atoms with E-state index in [-0.39, 0.29) is 6.61 Å². The summed E-state index contributed by atoms with van der Waals surface area (Å²) in [6.45, 7) is 6.13. The Morgan fingerprint density at radius 1 is 1.62 bits per heavy atom. The topological polar surface area (TPSA) is 75.6 Å². The summed E-state index contributed by atoms with van der Waals surface area (Å²) in [6, 6.07) is 0. The fourth-order valence-electron chi connectivity index (χ4n) is 0.479. The summed E-state index contributed by atoms with van der Waals surface area (Å²) in [7, 11) is 0. The Morgan fingerprint density at radius 3 is 2.54 bits per heavy atom. The molecule has 5 heteroatoms. The van der Waals surface area contributed by atoms with Crippen LogP contribution in [0.15, 0.2) is 12.7 Å². The van der Waals surface area contributed by atoms with Gasteiger partial charge in [0, 0.05) is 0 Å². The van der Waals surface area contributed by atoms with Crippen molar-refractivity contribution >= 4 is 12.1 Å². The van der Waals surface area contributed by atoms with Crippen molar-refractivity contribution in [2.75, 3.05) is 6.61 Å². The predicted octanol–water partition coefficient (Wildman–Crippen LogP) is 0.762. The second-order valence-electron chi connectivity index (χ2n) is 2.94. The Bertz CT molecular complexity index is 222. The van der Waals surface area contributed by atoms with Crippen molar-refractivity contribution < 1.29 is 19.4 Å². The van der Waals surface area contributed by atoms with Crippen LogP contribution in [0.25, 0.3) is 0 Å². The molecule has 0 fully saturated rings. The van der Waals surface area contributed by atoms with Gasteiger partial charge < -0.3 is 15.2 Å². The number of carboxylic acids is 1. The highest BCUT2D eigenvalue weighted by Gasteiger charge is 2.29. The molecule has 0 aromatic rings. The van der Waals surface area contributed by atoms with E-state index in [0.29, 0.717) is 0 Å². The van der Waals surface area contributed by atoms with Gasteiger partial charge in [-0.15, -0.1) is 0 Å². The molecule has 5 nitrogen and oxygen atoms in total. The first-order chi connectivity index (χ1) is 5.90. The van der Waals surface area contributed by atoms with Crippen LogP contribution in [-0.4, -0.2) is 29.3 Å². The smallest absolute Gasteiger partial charge is 0.408 e. The monoisotopic (exact) mass is 187 g/mol. The lowest BCUT2D eigenvalue weighted by Crippen LogP contribution is -2.49. The van der Waals surface area contributed by atoms with Crippen molar-refractivity contribution in [3.63, 3.8) is 0 Å². The highest BCUT2D eigenvalue weighted by atomic mass is 16.5. The maximum Gasteiger partial charge on any atom is 0.408 e. The van der Waals surface area contributed by atoms with Crippen LogP contribution in [0, 0.1) is 0 Å². The van der Waals surface area contributed by atoms with Crippen LogP contribution in [0.4, 0.5) is 4.79 Å². The number of amides is 1. The lowest BCUT2D eigenvalue weighted by atomic mass is 10.1. The lowest BCUT2D eigenvalue weighted by Gasteiger charge is -2.19. The average Bonchev–Trinajstić information content (AvgIpc) is 1.99. The van der Waals surface area contributed by atoms with E-state index >= 15 is 0 Å². The lowest BCUT2D eigenvalue weighted by molar-refractivity contribution is -0.143. The minimum atomic E-state index is -1.32. The Balaban J connectivity index is 4.04. The minimum Gasteiger partial charge on any atom is -0.480 e. The molecule has 1 amide bonds. The summed E-state index contributed by atoms with van der Waals surface area (Å²) in [5.74, 6) is -1.12. The van der Waals surface area contributed by atoms with Crippen molar-refractivity contribution in [1.82, 2.24) is 5.32 Å². The Morgan fingerprint density at radius 2 is 2.15 bits per heavy atom. The largest absolute Gasteiger partial charge is 0.480 e. The first-order valence-corrected chi connectivity index (χ1v) is 3.69. The molecule has 0 saturated carbocycles. The molecule has 0 aromatic heterocycles. The van der Waals surface area contributed by atoms with Gasteiger partial charge in [-0.3, -0.25) is 0 Å². The normalized spacial score (nSPS) is 10.3. The van der Waals surface area contributed by atoms with Gasteiger partial charge in [-0.05, 0) is 13.8 Å². The average molecular weight is 187 g/mol. The zero-order valence-electron chi connectivity index (χ0n) is 7.66. The van der Waals surface area contributed by atoms with Crippen molar-refractivity contribution in [1.29, 1.82) is 0 Å². The molecule has 2 N–H and O–H groups in total. The van der Waals surface area contributed by atoms with E-state index in [2.05, 4.69) is 16.6 Å². The van der Waals surface area contributed by atoms with Crippen LogP contribution >= 0.6 is 0 Å². The number of alkyl carbamates (subject to hydrolysis) is 1. The van der Waals surface area contributed by atoms with Crippen molar-refractivity contribution in [3.05, 3.63) is 12.7 Å². The van der Waals surface area contributed by atoms with Crippen LogP contribution in [0.1, 0.15) is 13.8 Å². The van der Waals surface area contributed by atoms with Crippen molar-refractivity contribution in [2.24, 2.45) is 0 Å². The van der Waals surface area contributed by atoms with Gasteiger partial charge in [0.15, 0.2) is 0 Å². The molecule has 0 aromatic carbocycles. The van der Waals surface area contributed by atoms with Crippen LogP contribution in [0.5, 0.6) is 0 Å². The second-order valence-corrected chi connectivity index (χ2v) is 2.94. The van der Waals surface area contributed by atoms with Crippen LogP contribution in [0.2, 0.25) is 0 Å². The van der Waals surface area contributed by atoms with E-state index < -0.39 is 17.6 Å². The Labute approximate surface area is 76.4 Å². The van der Waals surface area contributed by atoms with Crippen LogP contribution in [0.3, 0.4) is 0 Å². The molecule has 0 heterocycles. The summed E-state index contributed by atoms with van der Waals surface area (Å²) < 4.78 is 4.55. The molecule has 0 aliphatic carbocycles. The highest BCUT2D eigenvalue weighted by molar-refractivity contribution is 5.83. The van der Waals surface area contributed by atoms with E-state index in [0.717, 1.165) is 0 Å². The summed E-state index contributed by atoms with van der Waals surface area (Å²) in [5, 5.41) is 10.8. The number of aliphatic carboxylic acids is 1. The van der Waals surface area contributed by atoms with Crippen LogP contribution in [-0.2, 0) is 9.53 Å². The Hall–Kier alpha value is -1.52. The number of carbonyl (C=O) groups excluding carboxylic acids is 1. The van der Waals surface area contributed by atoms with E-state index in [9.17, 15) is 9.59 Å². The molecule has 0 radical (unpaired) electrons. The van der Waals surface area contributed by atoms with Gasteiger partial charge in [0.2, 0.25) is 0 Å². The third kappa shape index (κ3) is 4.15. The maximum atomic E-state index is 10.9. The molecular weight excluding hydrogens is 174 g/mol. The standard InChI is InChI=1S/C8H13NO4/c1-4-5-13-7(12)9-8(2,3)6(10)11/h4H,1,5H2,2-3H3,(H,9,12)(H,10,11). The molecule has 0 bridgehead atoms. The molecule has 0 spiro atoms. The van der Waals surface area contributed by atoms with Gasteiger partial charge in [-0.25, -0.2) is 9.59 Å². The fourth-order valence-corrected chi connectivity index (χ4v) is 0.479. The van der Waals surface area contributed by atoms with Gasteiger partial charge in [-0.2, -0.15) is 0 Å². The SMILES string of the molecule is C=CCOC(=O)NC(C)(C)C(=O)O. The van der Waals surface area contributed by atoms with E-state index in [1.807, 2.05) is 0 Å². The molecular formula is C8H13NO4. The third-order valence-electron chi connectivity index (χ3n) is 1.28.